The lowest BCUT2D eigenvalue weighted by atomic mass is 9.90. The van der Waals surface area contributed by atoms with E-state index in [4.69, 9.17) is 0 Å². The highest BCUT2D eigenvalue weighted by atomic mass is 19.1. The summed E-state index contributed by atoms with van der Waals surface area (Å²) in [5, 5.41) is 5.92. The van der Waals surface area contributed by atoms with Crippen molar-refractivity contribution >= 4 is 17.5 Å². The van der Waals surface area contributed by atoms with E-state index in [9.17, 15) is 4.39 Å². The fraction of sp³-hybridized carbons (Fsp3) is 0.333. The van der Waals surface area contributed by atoms with Gasteiger partial charge < -0.3 is 10.6 Å². The van der Waals surface area contributed by atoms with Crippen LogP contribution in [0.3, 0.4) is 0 Å². The predicted molar refractivity (Wildman–Crippen MR) is 77.9 cm³/mol. The quantitative estimate of drug-likeness (QED) is 0.900. The van der Waals surface area contributed by atoms with Crippen molar-refractivity contribution in [1.82, 2.24) is 9.97 Å². The van der Waals surface area contributed by atoms with E-state index in [0.29, 0.717) is 5.95 Å². The first-order valence-corrected chi connectivity index (χ1v) is 6.86. The molecule has 1 aliphatic rings. The average molecular weight is 272 g/mol. The standard InChI is InChI=1S/C15H17FN4/c1-17-15-18-9-12(16)14(20-15)19-13-8-4-6-10-5-2-3-7-11(10)13/h4,6,8-9H,2-3,5,7H2,1H3,(H2,17,18,19,20). The van der Waals surface area contributed by atoms with Gasteiger partial charge in [0.15, 0.2) is 11.6 Å². The highest BCUT2D eigenvalue weighted by Crippen LogP contribution is 2.30. The third-order valence-electron chi connectivity index (χ3n) is 3.62. The summed E-state index contributed by atoms with van der Waals surface area (Å²) in [4.78, 5) is 7.98. The molecule has 2 aromatic rings. The van der Waals surface area contributed by atoms with Crippen LogP contribution in [0.15, 0.2) is 24.4 Å². The SMILES string of the molecule is CNc1ncc(F)c(Nc2cccc3c2CCCC3)n1. The maximum atomic E-state index is 13.8. The first-order valence-electron chi connectivity index (χ1n) is 6.86. The lowest BCUT2D eigenvalue weighted by molar-refractivity contribution is 0.619. The van der Waals surface area contributed by atoms with Gasteiger partial charge in [-0.3, -0.25) is 0 Å². The third kappa shape index (κ3) is 2.43. The smallest absolute Gasteiger partial charge is 0.224 e. The molecule has 0 amide bonds. The van der Waals surface area contributed by atoms with Crippen molar-refractivity contribution in [3.05, 3.63) is 41.3 Å². The van der Waals surface area contributed by atoms with Crippen LogP contribution < -0.4 is 10.6 Å². The number of aromatic nitrogens is 2. The zero-order chi connectivity index (χ0) is 13.9. The maximum Gasteiger partial charge on any atom is 0.224 e. The second-order valence-corrected chi connectivity index (χ2v) is 4.92. The van der Waals surface area contributed by atoms with Crippen LogP contribution in [-0.4, -0.2) is 17.0 Å². The van der Waals surface area contributed by atoms with E-state index in [2.05, 4.69) is 26.7 Å². The lowest BCUT2D eigenvalue weighted by Gasteiger charge is -2.20. The maximum absolute atomic E-state index is 13.8. The zero-order valence-corrected chi connectivity index (χ0v) is 11.4. The third-order valence-corrected chi connectivity index (χ3v) is 3.62. The van der Waals surface area contributed by atoms with E-state index in [1.165, 1.54) is 30.2 Å². The number of rotatable bonds is 3. The monoisotopic (exact) mass is 272 g/mol. The molecule has 0 bridgehead atoms. The van der Waals surface area contributed by atoms with Crippen LogP contribution in [0.4, 0.5) is 21.8 Å². The van der Waals surface area contributed by atoms with Crippen LogP contribution in [0.25, 0.3) is 0 Å². The van der Waals surface area contributed by atoms with Gasteiger partial charge in [0.2, 0.25) is 5.95 Å². The Bertz CT molecular complexity index is 627. The van der Waals surface area contributed by atoms with Crippen molar-refractivity contribution in [2.75, 3.05) is 17.7 Å². The van der Waals surface area contributed by atoms with Crippen molar-refractivity contribution in [1.29, 1.82) is 0 Å². The van der Waals surface area contributed by atoms with Crippen molar-refractivity contribution in [2.45, 2.75) is 25.7 Å². The Kier molecular flexibility index (Phi) is 3.50. The van der Waals surface area contributed by atoms with E-state index in [1.54, 1.807) is 7.05 Å². The number of hydrogen-bond acceptors (Lipinski definition) is 4. The summed E-state index contributed by atoms with van der Waals surface area (Å²) in [6.07, 6.45) is 5.71. The summed E-state index contributed by atoms with van der Waals surface area (Å²) >= 11 is 0. The number of anilines is 3. The molecule has 0 spiro atoms. The molecule has 1 aliphatic carbocycles. The average Bonchev–Trinajstić information content (AvgIpc) is 2.50. The number of benzene rings is 1. The van der Waals surface area contributed by atoms with Crippen LogP contribution in [0.5, 0.6) is 0 Å². The minimum Gasteiger partial charge on any atom is -0.357 e. The Morgan fingerprint density at radius 1 is 1.20 bits per heavy atom. The van der Waals surface area contributed by atoms with Crippen molar-refractivity contribution in [3.8, 4) is 0 Å². The van der Waals surface area contributed by atoms with Crippen LogP contribution >= 0.6 is 0 Å². The van der Waals surface area contributed by atoms with Gasteiger partial charge in [-0.1, -0.05) is 12.1 Å². The molecule has 4 nitrogen and oxygen atoms in total. The van der Waals surface area contributed by atoms with Gasteiger partial charge in [-0.15, -0.1) is 0 Å². The molecule has 0 fully saturated rings. The molecule has 0 aliphatic heterocycles. The first kappa shape index (κ1) is 12.8. The van der Waals surface area contributed by atoms with E-state index in [1.807, 2.05) is 12.1 Å². The highest BCUT2D eigenvalue weighted by Gasteiger charge is 2.14. The molecule has 3 rings (SSSR count). The number of nitrogens with zero attached hydrogens (tertiary/aromatic N) is 2. The van der Waals surface area contributed by atoms with Crippen LogP contribution in [-0.2, 0) is 12.8 Å². The number of halogens is 1. The van der Waals surface area contributed by atoms with Gasteiger partial charge in [0.25, 0.3) is 0 Å². The van der Waals surface area contributed by atoms with Gasteiger partial charge in [0.05, 0.1) is 6.20 Å². The first-order chi connectivity index (χ1) is 9.78. The number of aryl methyl sites for hydroxylation is 1. The van der Waals surface area contributed by atoms with Gasteiger partial charge in [0, 0.05) is 12.7 Å². The molecule has 0 atom stereocenters. The Hall–Kier alpha value is -2.17. The fourth-order valence-corrected chi connectivity index (χ4v) is 2.60. The fourth-order valence-electron chi connectivity index (χ4n) is 2.60. The van der Waals surface area contributed by atoms with E-state index in [0.717, 1.165) is 18.5 Å². The number of nitrogens with one attached hydrogen (secondary N) is 2. The Balaban J connectivity index is 1.95. The Morgan fingerprint density at radius 3 is 2.90 bits per heavy atom. The Labute approximate surface area is 117 Å². The molecule has 2 N–H and O–H groups in total. The molecule has 0 saturated heterocycles. The van der Waals surface area contributed by atoms with Gasteiger partial charge >= 0.3 is 0 Å². The molecule has 1 aromatic heterocycles. The van der Waals surface area contributed by atoms with Gasteiger partial charge in [-0.05, 0) is 42.9 Å². The molecule has 1 aromatic carbocycles. The minimum atomic E-state index is -0.447. The summed E-state index contributed by atoms with van der Waals surface area (Å²) in [5.74, 6) is 0.166. The molecule has 104 valence electrons. The molecule has 0 unspecified atom stereocenters. The second kappa shape index (κ2) is 5.45. The summed E-state index contributed by atoms with van der Waals surface area (Å²) in [6.45, 7) is 0. The molecule has 20 heavy (non-hydrogen) atoms. The molecule has 5 heteroatoms. The molecule has 0 saturated carbocycles. The molecule has 0 radical (unpaired) electrons. The van der Waals surface area contributed by atoms with Crippen LogP contribution in [0, 0.1) is 5.82 Å². The summed E-state index contributed by atoms with van der Waals surface area (Å²) in [6, 6.07) is 6.13. The molecule has 1 heterocycles. The highest BCUT2D eigenvalue weighted by molar-refractivity contribution is 5.63. The number of hydrogen-bond donors (Lipinski definition) is 2. The van der Waals surface area contributed by atoms with E-state index in [-0.39, 0.29) is 5.82 Å². The largest absolute Gasteiger partial charge is 0.357 e. The molecular weight excluding hydrogens is 255 g/mol. The van der Waals surface area contributed by atoms with E-state index < -0.39 is 5.82 Å². The van der Waals surface area contributed by atoms with Crippen molar-refractivity contribution in [2.24, 2.45) is 0 Å². The predicted octanol–water partition coefficient (Wildman–Crippen LogP) is 3.28. The zero-order valence-electron chi connectivity index (χ0n) is 11.4. The van der Waals surface area contributed by atoms with Crippen molar-refractivity contribution < 1.29 is 4.39 Å². The Morgan fingerprint density at radius 2 is 2.05 bits per heavy atom. The van der Waals surface area contributed by atoms with Gasteiger partial charge in [-0.2, -0.15) is 4.98 Å². The second-order valence-electron chi connectivity index (χ2n) is 4.92. The topological polar surface area (TPSA) is 49.8 Å². The summed E-state index contributed by atoms with van der Waals surface area (Å²) < 4.78 is 13.8. The van der Waals surface area contributed by atoms with Gasteiger partial charge in [0.1, 0.15) is 0 Å². The normalized spacial score (nSPS) is 13.7. The lowest BCUT2D eigenvalue weighted by Crippen LogP contribution is -2.08. The van der Waals surface area contributed by atoms with Crippen LogP contribution in [0.1, 0.15) is 24.0 Å². The van der Waals surface area contributed by atoms with Crippen molar-refractivity contribution in [3.63, 3.8) is 0 Å². The summed E-state index contributed by atoms with van der Waals surface area (Å²) in [5.41, 5.74) is 3.58. The van der Waals surface area contributed by atoms with Crippen LogP contribution in [0.2, 0.25) is 0 Å². The summed E-state index contributed by atoms with van der Waals surface area (Å²) in [7, 11) is 1.71. The minimum absolute atomic E-state index is 0.211. The van der Waals surface area contributed by atoms with Gasteiger partial charge in [-0.25, -0.2) is 9.37 Å². The number of fused-ring (bicyclic) bond motifs is 1. The molecular formula is C15H17FN4. The van der Waals surface area contributed by atoms with E-state index >= 15 is 0 Å².